The van der Waals surface area contributed by atoms with Crippen molar-refractivity contribution in [2.45, 2.75) is 65.3 Å². The summed E-state index contributed by atoms with van der Waals surface area (Å²) in [4.78, 5) is 0. The molecule has 0 bridgehead atoms. The van der Waals surface area contributed by atoms with Crippen molar-refractivity contribution in [3.63, 3.8) is 0 Å². The first kappa shape index (κ1) is 11.0. The van der Waals surface area contributed by atoms with E-state index in [0.29, 0.717) is 6.10 Å². The van der Waals surface area contributed by atoms with Crippen molar-refractivity contribution in [3.8, 4) is 0 Å². The normalized spacial score (nSPS) is 23.1. The van der Waals surface area contributed by atoms with Gasteiger partial charge >= 0.3 is 0 Å². The third-order valence-corrected chi connectivity index (χ3v) is 2.61. The van der Waals surface area contributed by atoms with Gasteiger partial charge in [0.05, 0.1) is 6.10 Å². The van der Waals surface area contributed by atoms with E-state index < -0.39 is 6.29 Å². The first-order chi connectivity index (χ1) is 6.00. The molecule has 0 spiro atoms. The quantitative estimate of drug-likeness (QED) is 0.672. The molecular formula is C11H22O2. The number of aliphatic hydroxyl groups is 1. The SMILES string of the molecule is CC(C)(C)C(O)OC1CCCCC1. The fourth-order valence-electron chi connectivity index (χ4n) is 1.59. The van der Waals surface area contributed by atoms with Crippen molar-refractivity contribution in [1.82, 2.24) is 0 Å². The number of rotatable bonds is 2. The average Bonchev–Trinajstić information content (AvgIpc) is 2.04. The molecule has 0 aliphatic heterocycles. The van der Waals surface area contributed by atoms with Gasteiger partial charge in [0.1, 0.15) is 0 Å². The molecular weight excluding hydrogens is 164 g/mol. The van der Waals surface area contributed by atoms with Gasteiger partial charge in [0.2, 0.25) is 0 Å². The molecule has 1 fully saturated rings. The maximum atomic E-state index is 9.72. The molecule has 0 saturated heterocycles. The molecule has 2 nitrogen and oxygen atoms in total. The van der Waals surface area contributed by atoms with E-state index in [4.69, 9.17) is 4.74 Å². The maximum absolute atomic E-state index is 9.72. The minimum atomic E-state index is -0.615. The molecule has 0 radical (unpaired) electrons. The van der Waals surface area contributed by atoms with Crippen LogP contribution < -0.4 is 0 Å². The molecule has 1 saturated carbocycles. The highest BCUT2D eigenvalue weighted by Gasteiger charge is 2.26. The molecule has 2 heteroatoms. The minimum absolute atomic E-state index is 0.155. The van der Waals surface area contributed by atoms with Crippen LogP contribution >= 0.6 is 0 Å². The van der Waals surface area contributed by atoms with Gasteiger partial charge in [-0.3, -0.25) is 0 Å². The van der Waals surface area contributed by atoms with Crippen LogP contribution in [0, 0.1) is 5.41 Å². The molecule has 1 atom stereocenters. The average molecular weight is 186 g/mol. The van der Waals surface area contributed by atoms with Crippen LogP contribution in [-0.2, 0) is 4.74 Å². The molecule has 0 amide bonds. The van der Waals surface area contributed by atoms with E-state index in [1.54, 1.807) is 0 Å². The van der Waals surface area contributed by atoms with E-state index in [1.165, 1.54) is 19.3 Å². The zero-order valence-corrected chi connectivity index (χ0v) is 9.05. The molecule has 0 aromatic carbocycles. The fraction of sp³-hybridized carbons (Fsp3) is 1.00. The van der Waals surface area contributed by atoms with Crippen molar-refractivity contribution in [3.05, 3.63) is 0 Å². The molecule has 1 rings (SSSR count). The van der Waals surface area contributed by atoms with Gasteiger partial charge in [-0.15, -0.1) is 0 Å². The summed E-state index contributed by atoms with van der Waals surface area (Å²) in [6, 6.07) is 0. The van der Waals surface area contributed by atoms with Crippen molar-refractivity contribution < 1.29 is 9.84 Å². The van der Waals surface area contributed by atoms with Gasteiger partial charge in [0, 0.05) is 5.41 Å². The Morgan fingerprint density at radius 3 is 2.15 bits per heavy atom. The minimum Gasteiger partial charge on any atom is -0.367 e. The Morgan fingerprint density at radius 2 is 1.69 bits per heavy atom. The summed E-state index contributed by atoms with van der Waals surface area (Å²) in [5.74, 6) is 0. The summed E-state index contributed by atoms with van der Waals surface area (Å²) in [5.41, 5.74) is -0.155. The lowest BCUT2D eigenvalue weighted by Gasteiger charge is -2.31. The van der Waals surface area contributed by atoms with Crippen LogP contribution in [0.3, 0.4) is 0 Å². The van der Waals surface area contributed by atoms with Gasteiger partial charge < -0.3 is 9.84 Å². The van der Waals surface area contributed by atoms with Gasteiger partial charge in [-0.05, 0) is 12.8 Å². The molecule has 78 valence electrons. The summed E-state index contributed by atoms with van der Waals surface area (Å²) in [7, 11) is 0. The number of ether oxygens (including phenoxy) is 1. The smallest absolute Gasteiger partial charge is 0.159 e. The lowest BCUT2D eigenvalue weighted by Crippen LogP contribution is -2.33. The molecule has 1 aliphatic carbocycles. The number of hydrogen-bond acceptors (Lipinski definition) is 2. The molecule has 1 unspecified atom stereocenters. The second kappa shape index (κ2) is 4.43. The van der Waals surface area contributed by atoms with Gasteiger partial charge in [-0.25, -0.2) is 0 Å². The monoisotopic (exact) mass is 186 g/mol. The fourth-order valence-corrected chi connectivity index (χ4v) is 1.59. The Labute approximate surface area is 81.3 Å². The lowest BCUT2D eigenvalue weighted by molar-refractivity contribution is -0.192. The first-order valence-corrected chi connectivity index (χ1v) is 5.33. The number of hydrogen-bond donors (Lipinski definition) is 1. The van der Waals surface area contributed by atoms with E-state index in [9.17, 15) is 5.11 Å². The summed E-state index contributed by atoms with van der Waals surface area (Å²) in [5, 5.41) is 9.72. The van der Waals surface area contributed by atoms with Gasteiger partial charge in [-0.2, -0.15) is 0 Å². The number of aliphatic hydroxyl groups excluding tert-OH is 1. The Hall–Kier alpha value is -0.0800. The predicted octanol–water partition coefficient (Wildman–Crippen LogP) is 2.70. The summed E-state index contributed by atoms with van der Waals surface area (Å²) in [6.07, 6.45) is 5.74. The second-order valence-corrected chi connectivity index (χ2v) is 5.11. The summed E-state index contributed by atoms with van der Waals surface area (Å²) in [6.45, 7) is 6.00. The van der Waals surface area contributed by atoms with Crippen LogP contribution in [0.1, 0.15) is 52.9 Å². The van der Waals surface area contributed by atoms with E-state index in [0.717, 1.165) is 12.8 Å². The summed E-state index contributed by atoms with van der Waals surface area (Å²) >= 11 is 0. The van der Waals surface area contributed by atoms with Crippen LogP contribution in [0.15, 0.2) is 0 Å². The Bertz CT molecular complexity index is 143. The molecule has 0 heterocycles. The molecule has 0 aromatic rings. The molecule has 13 heavy (non-hydrogen) atoms. The Balaban J connectivity index is 2.30. The summed E-state index contributed by atoms with van der Waals surface area (Å²) < 4.78 is 5.61. The highest BCUT2D eigenvalue weighted by molar-refractivity contribution is 4.70. The molecule has 1 aliphatic rings. The largest absolute Gasteiger partial charge is 0.367 e. The third-order valence-electron chi connectivity index (χ3n) is 2.61. The standard InChI is InChI=1S/C11H22O2/c1-11(2,3)10(12)13-9-7-5-4-6-8-9/h9-10,12H,4-8H2,1-3H3. The second-order valence-electron chi connectivity index (χ2n) is 5.11. The maximum Gasteiger partial charge on any atom is 0.159 e. The van der Waals surface area contributed by atoms with Crippen molar-refractivity contribution >= 4 is 0 Å². The third kappa shape index (κ3) is 3.65. The highest BCUT2D eigenvalue weighted by atomic mass is 16.6. The van der Waals surface area contributed by atoms with Crippen molar-refractivity contribution in [2.24, 2.45) is 5.41 Å². The zero-order chi connectivity index (χ0) is 9.90. The van der Waals surface area contributed by atoms with Gasteiger partial charge in [0.25, 0.3) is 0 Å². The Kier molecular flexibility index (Phi) is 3.74. The van der Waals surface area contributed by atoms with Crippen LogP contribution in [-0.4, -0.2) is 17.5 Å². The van der Waals surface area contributed by atoms with Gasteiger partial charge in [-0.1, -0.05) is 40.0 Å². The first-order valence-electron chi connectivity index (χ1n) is 5.33. The van der Waals surface area contributed by atoms with Gasteiger partial charge in [0.15, 0.2) is 6.29 Å². The van der Waals surface area contributed by atoms with Crippen molar-refractivity contribution in [2.75, 3.05) is 0 Å². The van der Waals surface area contributed by atoms with Crippen LogP contribution in [0.4, 0.5) is 0 Å². The van der Waals surface area contributed by atoms with Crippen LogP contribution in [0.2, 0.25) is 0 Å². The van der Waals surface area contributed by atoms with E-state index in [2.05, 4.69) is 0 Å². The van der Waals surface area contributed by atoms with E-state index in [1.807, 2.05) is 20.8 Å². The zero-order valence-electron chi connectivity index (χ0n) is 9.05. The van der Waals surface area contributed by atoms with Crippen LogP contribution in [0.5, 0.6) is 0 Å². The van der Waals surface area contributed by atoms with Crippen molar-refractivity contribution in [1.29, 1.82) is 0 Å². The predicted molar refractivity (Wildman–Crippen MR) is 53.4 cm³/mol. The van der Waals surface area contributed by atoms with E-state index >= 15 is 0 Å². The molecule has 0 aromatic heterocycles. The lowest BCUT2D eigenvalue weighted by atomic mass is 9.94. The topological polar surface area (TPSA) is 29.5 Å². The van der Waals surface area contributed by atoms with E-state index in [-0.39, 0.29) is 5.41 Å². The molecule has 1 N–H and O–H groups in total. The highest BCUT2D eigenvalue weighted by Crippen LogP contribution is 2.26. The van der Waals surface area contributed by atoms with Crippen LogP contribution in [0.25, 0.3) is 0 Å². The Morgan fingerprint density at radius 1 is 1.15 bits per heavy atom.